The number of hydrogen-bond donors (Lipinski definition) is 1. The quantitative estimate of drug-likeness (QED) is 0.454. The second-order valence-electron chi connectivity index (χ2n) is 8.25. The summed E-state index contributed by atoms with van der Waals surface area (Å²) < 4.78 is 7.94. The van der Waals surface area contributed by atoms with Crippen LogP contribution in [0, 0.1) is 5.92 Å². The Morgan fingerprint density at radius 2 is 1.71 bits per heavy atom. The summed E-state index contributed by atoms with van der Waals surface area (Å²) in [5.74, 6) is 3.34. The molecule has 0 saturated carbocycles. The van der Waals surface area contributed by atoms with Gasteiger partial charge in [0.05, 0.1) is 6.26 Å². The van der Waals surface area contributed by atoms with Crippen molar-refractivity contribution in [1.82, 2.24) is 20.1 Å². The fraction of sp³-hybridized carbons (Fsp3) is 0.308. The number of nitrogens with one attached hydrogen (secondary N) is 1. The summed E-state index contributed by atoms with van der Waals surface area (Å²) in [5, 5.41) is 12.6. The molecule has 5 nitrogen and oxygen atoms in total. The van der Waals surface area contributed by atoms with Gasteiger partial charge in [-0.15, -0.1) is 10.2 Å². The average Bonchev–Trinajstić information content (AvgIpc) is 3.49. The van der Waals surface area contributed by atoms with Crippen LogP contribution in [0.4, 0.5) is 0 Å². The molecule has 1 aliphatic heterocycles. The van der Waals surface area contributed by atoms with Gasteiger partial charge in [0, 0.05) is 13.0 Å². The summed E-state index contributed by atoms with van der Waals surface area (Å²) in [5.41, 5.74) is 3.73. The van der Waals surface area contributed by atoms with Gasteiger partial charge in [-0.3, -0.25) is 0 Å². The Labute approximate surface area is 183 Å². The zero-order chi connectivity index (χ0) is 20.9. The Bertz CT molecular complexity index is 1100. The van der Waals surface area contributed by atoms with E-state index in [9.17, 15) is 0 Å². The van der Waals surface area contributed by atoms with Gasteiger partial charge in [0.25, 0.3) is 0 Å². The third-order valence-corrected chi connectivity index (χ3v) is 6.24. The molecule has 0 bridgehead atoms. The summed E-state index contributed by atoms with van der Waals surface area (Å²) in [6, 6.07) is 23.0. The fourth-order valence-electron chi connectivity index (χ4n) is 4.52. The minimum atomic E-state index is 0.741. The lowest BCUT2D eigenvalue weighted by Gasteiger charge is -2.23. The van der Waals surface area contributed by atoms with Crippen LogP contribution in [0.1, 0.15) is 30.7 Å². The topological polar surface area (TPSA) is 55.9 Å². The monoisotopic (exact) mass is 412 g/mol. The molecule has 2 aromatic heterocycles. The molecular weight excluding hydrogens is 384 g/mol. The largest absolute Gasteiger partial charge is 0.461 e. The Kier molecular flexibility index (Phi) is 5.94. The van der Waals surface area contributed by atoms with Crippen LogP contribution in [0.2, 0.25) is 0 Å². The molecule has 5 heteroatoms. The van der Waals surface area contributed by atoms with Crippen LogP contribution in [-0.2, 0) is 13.0 Å². The van der Waals surface area contributed by atoms with Gasteiger partial charge in [0.2, 0.25) is 0 Å². The molecule has 0 amide bonds. The van der Waals surface area contributed by atoms with E-state index in [0.717, 1.165) is 55.8 Å². The average molecular weight is 413 g/mol. The van der Waals surface area contributed by atoms with E-state index in [0.29, 0.717) is 0 Å². The van der Waals surface area contributed by atoms with Crippen molar-refractivity contribution in [1.29, 1.82) is 0 Å². The summed E-state index contributed by atoms with van der Waals surface area (Å²) in [7, 11) is 0. The highest BCUT2D eigenvalue weighted by atomic mass is 16.3. The third-order valence-electron chi connectivity index (χ3n) is 6.24. The highest BCUT2D eigenvalue weighted by Gasteiger charge is 2.20. The number of aromatic nitrogens is 3. The summed E-state index contributed by atoms with van der Waals surface area (Å²) >= 11 is 0. The molecule has 2 aromatic carbocycles. The van der Waals surface area contributed by atoms with Crippen molar-refractivity contribution in [3.63, 3.8) is 0 Å². The molecule has 158 valence electrons. The van der Waals surface area contributed by atoms with Gasteiger partial charge in [-0.25, -0.2) is 0 Å². The zero-order valence-corrected chi connectivity index (χ0v) is 17.7. The second kappa shape index (κ2) is 9.31. The highest BCUT2D eigenvalue weighted by Crippen LogP contribution is 2.28. The number of piperidine rings is 1. The number of benzene rings is 2. The lowest BCUT2D eigenvalue weighted by atomic mass is 9.94. The van der Waals surface area contributed by atoms with Crippen LogP contribution in [0.3, 0.4) is 0 Å². The van der Waals surface area contributed by atoms with E-state index in [1.165, 1.54) is 29.5 Å². The lowest BCUT2D eigenvalue weighted by Crippen LogP contribution is -2.28. The van der Waals surface area contributed by atoms with E-state index in [4.69, 9.17) is 4.42 Å². The first kappa shape index (κ1) is 19.8. The van der Waals surface area contributed by atoms with Crippen molar-refractivity contribution in [2.24, 2.45) is 5.92 Å². The standard InChI is InChI=1S/C26H28N4O/c1-2-7-21(8-3-1)23-10-5-4-9-22(23)19-25-28-29-26(24-11-6-18-31-24)30(25)17-14-20-12-15-27-16-13-20/h1-11,18,20,27H,12-17,19H2. The molecule has 31 heavy (non-hydrogen) atoms. The van der Waals surface area contributed by atoms with Crippen molar-refractivity contribution in [3.8, 4) is 22.7 Å². The van der Waals surface area contributed by atoms with E-state index in [1.807, 2.05) is 12.1 Å². The summed E-state index contributed by atoms with van der Waals surface area (Å²) in [4.78, 5) is 0. The van der Waals surface area contributed by atoms with Gasteiger partial charge < -0.3 is 14.3 Å². The van der Waals surface area contributed by atoms with Gasteiger partial charge in [0.15, 0.2) is 11.6 Å². The van der Waals surface area contributed by atoms with Gasteiger partial charge in [-0.2, -0.15) is 0 Å². The van der Waals surface area contributed by atoms with Crippen molar-refractivity contribution in [2.45, 2.75) is 32.2 Å². The summed E-state index contributed by atoms with van der Waals surface area (Å²) in [6.07, 6.45) is 6.06. The van der Waals surface area contributed by atoms with Gasteiger partial charge >= 0.3 is 0 Å². The van der Waals surface area contributed by atoms with Gasteiger partial charge in [-0.1, -0.05) is 54.6 Å². The molecule has 0 radical (unpaired) electrons. The first-order valence-corrected chi connectivity index (χ1v) is 11.2. The van der Waals surface area contributed by atoms with E-state index in [2.05, 4.69) is 74.7 Å². The fourth-order valence-corrected chi connectivity index (χ4v) is 4.52. The Balaban J connectivity index is 1.46. The van der Waals surface area contributed by atoms with Crippen LogP contribution in [-0.4, -0.2) is 27.9 Å². The smallest absolute Gasteiger partial charge is 0.199 e. The van der Waals surface area contributed by atoms with Crippen LogP contribution in [0.25, 0.3) is 22.7 Å². The zero-order valence-electron chi connectivity index (χ0n) is 17.7. The predicted octanol–water partition coefficient (Wildman–Crippen LogP) is 5.19. The van der Waals surface area contributed by atoms with E-state index in [-0.39, 0.29) is 0 Å². The van der Waals surface area contributed by atoms with Crippen molar-refractivity contribution in [2.75, 3.05) is 13.1 Å². The molecule has 0 atom stereocenters. The van der Waals surface area contributed by atoms with Crippen LogP contribution in [0.15, 0.2) is 77.4 Å². The van der Waals surface area contributed by atoms with Crippen molar-refractivity contribution >= 4 is 0 Å². The Morgan fingerprint density at radius 3 is 2.52 bits per heavy atom. The molecule has 0 aliphatic carbocycles. The molecule has 5 rings (SSSR count). The number of furan rings is 1. The Morgan fingerprint density at radius 1 is 0.903 bits per heavy atom. The molecule has 1 aliphatic rings. The van der Waals surface area contributed by atoms with E-state index in [1.54, 1.807) is 6.26 Å². The van der Waals surface area contributed by atoms with Crippen molar-refractivity contribution in [3.05, 3.63) is 84.4 Å². The first-order valence-electron chi connectivity index (χ1n) is 11.2. The minimum Gasteiger partial charge on any atom is -0.461 e. The SMILES string of the molecule is c1ccc(-c2ccccc2Cc2nnc(-c3ccco3)n2CCC2CCNCC2)cc1. The number of hydrogen-bond acceptors (Lipinski definition) is 4. The molecular formula is C26H28N4O. The maximum atomic E-state index is 5.68. The molecule has 0 unspecified atom stereocenters. The van der Waals surface area contributed by atoms with Gasteiger partial charge in [0.1, 0.15) is 5.82 Å². The van der Waals surface area contributed by atoms with Crippen LogP contribution >= 0.6 is 0 Å². The normalized spacial score (nSPS) is 14.7. The van der Waals surface area contributed by atoms with Gasteiger partial charge in [-0.05, 0) is 67.1 Å². The predicted molar refractivity (Wildman–Crippen MR) is 123 cm³/mol. The summed E-state index contributed by atoms with van der Waals surface area (Å²) in [6.45, 7) is 3.15. The van der Waals surface area contributed by atoms with Crippen LogP contribution in [0.5, 0.6) is 0 Å². The van der Waals surface area contributed by atoms with E-state index < -0.39 is 0 Å². The van der Waals surface area contributed by atoms with E-state index >= 15 is 0 Å². The maximum Gasteiger partial charge on any atom is 0.199 e. The highest BCUT2D eigenvalue weighted by molar-refractivity contribution is 5.67. The number of rotatable bonds is 7. The lowest BCUT2D eigenvalue weighted by molar-refractivity contribution is 0.336. The maximum absolute atomic E-state index is 5.68. The van der Waals surface area contributed by atoms with Crippen LogP contribution < -0.4 is 5.32 Å². The second-order valence-corrected chi connectivity index (χ2v) is 8.25. The molecule has 3 heterocycles. The first-order chi connectivity index (χ1) is 15.4. The Hall–Kier alpha value is -3.18. The third kappa shape index (κ3) is 4.47. The minimum absolute atomic E-state index is 0.741. The van der Waals surface area contributed by atoms with Crippen molar-refractivity contribution < 1.29 is 4.42 Å². The molecule has 1 saturated heterocycles. The molecule has 1 N–H and O–H groups in total. The molecule has 1 fully saturated rings. The molecule has 0 spiro atoms. The molecule has 4 aromatic rings. The number of nitrogens with zero attached hydrogens (tertiary/aromatic N) is 3.